The Kier molecular flexibility index (Phi) is 5.56. The van der Waals surface area contributed by atoms with Crippen LogP contribution < -0.4 is 10.1 Å². The number of rotatable bonds is 6. The summed E-state index contributed by atoms with van der Waals surface area (Å²) in [5.41, 5.74) is 2.53. The summed E-state index contributed by atoms with van der Waals surface area (Å²) in [5, 5.41) is 2.99. The lowest BCUT2D eigenvalue weighted by molar-refractivity contribution is -0.127. The van der Waals surface area contributed by atoms with Crippen molar-refractivity contribution >= 4 is 11.8 Å². The standard InChI is InChI=1S/C21H24N2O3/c1-3-10-23-14-18(13-20(23)24)22-21(25)17-8-4-6-15(11-17)16-7-5-9-19(12-16)26-2/h4-9,11-12,18H,3,10,13-14H2,1-2H3,(H,22,25)/t18-/m1/s1. The number of amides is 2. The molecule has 1 saturated heterocycles. The van der Waals surface area contributed by atoms with Gasteiger partial charge in [-0.05, 0) is 41.8 Å². The van der Waals surface area contributed by atoms with E-state index in [1.54, 1.807) is 13.2 Å². The molecule has 5 heteroatoms. The molecular weight excluding hydrogens is 328 g/mol. The molecular formula is C21H24N2O3. The van der Waals surface area contributed by atoms with Crippen molar-refractivity contribution < 1.29 is 14.3 Å². The number of hydrogen-bond donors (Lipinski definition) is 1. The number of ether oxygens (including phenoxy) is 1. The fraction of sp³-hybridized carbons (Fsp3) is 0.333. The van der Waals surface area contributed by atoms with E-state index in [9.17, 15) is 9.59 Å². The summed E-state index contributed by atoms with van der Waals surface area (Å²) in [6.45, 7) is 3.38. The number of carbonyl (C=O) groups excluding carboxylic acids is 2. The molecule has 5 nitrogen and oxygen atoms in total. The van der Waals surface area contributed by atoms with Crippen LogP contribution in [0.1, 0.15) is 30.1 Å². The Hall–Kier alpha value is -2.82. The summed E-state index contributed by atoms with van der Waals surface area (Å²) in [7, 11) is 1.63. The van der Waals surface area contributed by atoms with Crippen molar-refractivity contribution in [2.45, 2.75) is 25.8 Å². The third-order valence-corrected chi connectivity index (χ3v) is 4.57. The van der Waals surface area contributed by atoms with Gasteiger partial charge in [0, 0.05) is 25.1 Å². The van der Waals surface area contributed by atoms with E-state index < -0.39 is 0 Å². The quantitative estimate of drug-likeness (QED) is 0.869. The highest BCUT2D eigenvalue weighted by Gasteiger charge is 2.30. The van der Waals surface area contributed by atoms with Crippen molar-refractivity contribution in [1.29, 1.82) is 0 Å². The fourth-order valence-corrected chi connectivity index (χ4v) is 3.27. The van der Waals surface area contributed by atoms with Crippen molar-refractivity contribution in [3.63, 3.8) is 0 Å². The second-order valence-electron chi connectivity index (χ2n) is 6.53. The maximum atomic E-state index is 12.6. The Morgan fingerprint density at radius 3 is 2.65 bits per heavy atom. The zero-order chi connectivity index (χ0) is 18.5. The van der Waals surface area contributed by atoms with Crippen LogP contribution in [0.3, 0.4) is 0 Å². The molecule has 2 amide bonds. The number of nitrogens with one attached hydrogen (secondary N) is 1. The van der Waals surface area contributed by atoms with Crippen LogP contribution in [0.15, 0.2) is 48.5 Å². The highest BCUT2D eigenvalue weighted by Crippen LogP contribution is 2.24. The Labute approximate surface area is 154 Å². The molecule has 0 unspecified atom stereocenters. The molecule has 1 N–H and O–H groups in total. The van der Waals surface area contributed by atoms with Crippen LogP contribution in [0.25, 0.3) is 11.1 Å². The first-order valence-corrected chi connectivity index (χ1v) is 8.94. The van der Waals surface area contributed by atoms with Crippen LogP contribution >= 0.6 is 0 Å². The lowest BCUT2D eigenvalue weighted by Crippen LogP contribution is -2.37. The fourth-order valence-electron chi connectivity index (χ4n) is 3.27. The molecule has 0 saturated carbocycles. The monoisotopic (exact) mass is 352 g/mol. The van der Waals surface area contributed by atoms with Gasteiger partial charge in [0.15, 0.2) is 0 Å². The van der Waals surface area contributed by atoms with Gasteiger partial charge >= 0.3 is 0 Å². The van der Waals surface area contributed by atoms with E-state index in [0.717, 1.165) is 29.8 Å². The Morgan fingerprint density at radius 1 is 1.19 bits per heavy atom. The molecule has 136 valence electrons. The zero-order valence-corrected chi connectivity index (χ0v) is 15.2. The predicted molar refractivity (Wildman–Crippen MR) is 101 cm³/mol. The molecule has 2 aromatic carbocycles. The van der Waals surface area contributed by atoms with E-state index in [1.807, 2.05) is 54.3 Å². The Balaban J connectivity index is 1.72. The predicted octanol–water partition coefficient (Wildman–Crippen LogP) is 3.10. The van der Waals surface area contributed by atoms with Gasteiger partial charge in [-0.2, -0.15) is 0 Å². The molecule has 3 rings (SSSR count). The number of likely N-dealkylation sites (tertiary alicyclic amines) is 1. The number of benzene rings is 2. The molecule has 0 aliphatic carbocycles. The van der Waals surface area contributed by atoms with Gasteiger partial charge in [0.05, 0.1) is 13.2 Å². The van der Waals surface area contributed by atoms with Crippen LogP contribution in [0.2, 0.25) is 0 Å². The van der Waals surface area contributed by atoms with E-state index >= 15 is 0 Å². The molecule has 1 fully saturated rings. The second kappa shape index (κ2) is 8.04. The van der Waals surface area contributed by atoms with Crippen LogP contribution in [-0.4, -0.2) is 43.0 Å². The molecule has 1 aliphatic heterocycles. The van der Waals surface area contributed by atoms with Crippen LogP contribution in [-0.2, 0) is 4.79 Å². The van der Waals surface area contributed by atoms with Crippen molar-refractivity contribution in [2.24, 2.45) is 0 Å². The van der Waals surface area contributed by atoms with Gasteiger partial charge < -0.3 is 15.0 Å². The molecule has 26 heavy (non-hydrogen) atoms. The van der Waals surface area contributed by atoms with Gasteiger partial charge in [-0.25, -0.2) is 0 Å². The highest BCUT2D eigenvalue weighted by molar-refractivity contribution is 5.96. The average Bonchev–Trinajstić information content (AvgIpc) is 3.01. The summed E-state index contributed by atoms with van der Waals surface area (Å²) in [6, 6.07) is 15.1. The molecule has 1 atom stereocenters. The van der Waals surface area contributed by atoms with E-state index in [4.69, 9.17) is 4.74 Å². The Bertz CT molecular complexity index is 803. The van der Waals surface area contributed by atoms with Gasteiger partial charge in [-0.1, -0.05) is 31.2 Å². The van der Waals surface area contributed by atoms with Crippen LogP contribution in [0.4, 0.5) is 0 Å². The minimum absolute atomic E-state index is 0.113. The topological polar surface area (TPSA) is 58.6 Å². The van der Waals surface area contributed by atoms with E-state index in [2.05, 4.69) is 5.32 Å². The molecule has 0 spiro atoms. The lowest BCUT2D eigenvalue weighted by Gasteiger charge is -2.16. The zero-order valence-electron chi connectivity index (χ0n) is 15.2. The third-order valence-electron chi connectivity index (χ3n) is 4.57. The number of carbonyl (C=O) groups is 2. The summed E-state index contributed by atoms with van der Waals surface area (Å²) in [4.78, 5) is 26.4. The summed E-state index contributed by atoms with van der Waals surface area (Å²) < 4.78 is 5.27. The normalized spacial score (nSPS) is 16.6. The second-order valence-corrected chi connectivity index (χ2v) is 6.53. The van der Waals surface area contributed by atoms with Crippen molar-refractivity contribution in [2.75, 3.05) is 20.2 Å². The molecule has 0 aromatic heterocycles. The van der Waals surface area contributed by atoms with Crippen LogP contribution in [0, 0.1) is 0 Å². The van der Waals surface area contributed by atoms with Crippen LogP contribution in [0.5, 0.6) is 5.75 Å². The largest absolute Gasteiger partial charge is 0.497 e. The first-order chi connectivity index (χ1) is 12.6. The smallest absolute Gasteiger partial charge is 0.251 e. The SMILES string of the molecule is CCCN1C[C@H](NC(=O)c2cccc(-c3cccc(OC)c3)c2)CC1=O. The maximum absolute atomic E-state index is 12.6. The third kappa shape index (κ3) is 4.04. The summed E-state index contributed by atoms with van der Waals surface area (Å²) >= 11 is 0. The van der Waals surface area contributed by atoms with Crippen molar-refractivity contribution in [3.05, 3.63) is 54.1 Å². The first kappa shape index (κ1) is 18.0. The summed E-state index contributed by atoms with van der Waals surface area (Å²) in [5.74, 6) is 0.742. The highest BCUT2D eigenvalue weighted by atomic mass is 16.5. The summed E-state index contributed by atoms with van der Waals surface area (Å²) in [6.07, 6.45) is 1.30. The van der Waals surface area contributed by atoms with Gasteiger partial charge in [0.1, 0.15) is 5.75 Å². The van der Waals surface area contributed by atoms with Gasteiger partial charge in [0.25, 0.3) is 5.91 Å². The first-order valence-electron chi connectivity index (χ1n) is 8.94. The average molecular weight is 352 g/mol. The molecule has 1 aliphatic rings. The number of hydrogen-bond acceptors (Lipinski definition) is 3. The number of nitrogens with zero attached hydrogens (tertiary/aromatic N) is 1. The lowest BCUT2D eigenvalue weighted by atomic mass is 10.0. The Morgan fingerprint density at radius 2 is 1.92 bits per heavy atom. The minimum Gasteiger partial charge on any atom is -0.497 e. The van der Waals surface area contributed by atoms with Gasteiger partial charge in [-0.3, -0.25) is 9.59 Å². The molecule has 2 aromatic rings. The van der Waals surface area contributed by atoms with Gasteiger partial charge in [-0.15, -0.1) is 0 Å². The van der Waals surface area contributed by atoms with Gasteiger partial charge in [0.2, 0.25) is 5.91 Å². The molecule has 1 heterocycles. The van der Waals surface area contributed by atoms with Crippen molar-refractivity contribution in [3.8, 4) is 16.9 Å². The van der Waals surface area contributed by atoms with E-state index in [-0.39, 0.29) is 17.9 Å². The molecule has 0 bridgehead atoms. The maximum Gasteiger partial charge on any atom is 0.251 e. The van der Waals surface area contributed by atoms with E-state index in [0.29, 0.717) is 18.5 Å². The van der Waals surface area contributed by atoms with E-state index in [1.165, 1.54) is 0 Å². The number of methoxy groups -OCH3 is 1. The minimum atomic E-state index is -0.147. The molecule has 0 radical (unpaired) electrons. The van der Waals surface area contributed by atoms with Crippen molar-refractivity contribution in [1.82, 2.24) is 10.2 Å².